The van der Waals surface area contributed by atoms with Gasteiger partial charge in [-0.3, -0.25) is 0 Å². The molecule has 1 N–H and O–H groups in total. The highest BCUT2D eigenvalue weighted by Gasteiger charge is 2.32. The first-order valence-corrected chi connectivity index (χ1v) is 8.60. The number of rotatable bonds is 5. The van der Waals surface area contributed by atoms with Gasteiger partial charge in [0.05, 0.1) is 11.9 Å². The summed E-state index contributed by atoms with van der Waals surface area (Å²) in [6.07, 6.45) is 0.615. The van der Waals surface area contributed by atoms with Crippen LogP contribution in [0.3, 0.4) is 0 Å². The van der Waals surface area contributed by atoms with Crippen LogP contribution in [0.2, 0.25) is 0 Å². The Morgan fingerprint density at radius 3 is 2.80 bits per heavy atom. The zero-order chi connectivity index (χ0) is 14.9. The van der Waals surface area contributed by atoms with Gasteiger partial charge in [-0.25, -0.2) is 13.1 Å². The summed E-state index contributed by atoms with van der Waals surface area (Å²) in [5.74, 6) is 0.271. The summed E-state index contributed by atoms with van der Waals surface area (Å²) in [6, 6.07) is 6.15. The quantitative estimate of drug-likeness (QED) is 0.906. The Labute approximate surface area is 121 Å². The second kappa shape index (κ2) is 5.84. The molecule has 0 heterocycles. The molecule has 0 saturated heterocycles. The van der Waals surface area contributed by atoms with Gasteiger partial charge in [0, 0.05) is 13.2 Å². The fraction of sp³-hybridized carbons (Fsp3) is 0.600. The molecular weight excluding hydrogens is 274 g/mol. The molecule has 2 rings (SSSR count). The summed E-state index contributed by atoms with van der Waals surface area (Å²) in [4.78, 5) is 0. The second-order valence-corrected chi connectivity index (χ2v) is 7.61. The molecule has 4 nitrogen and oxygen atoms in total. The van der Waals surface area contributed by atoms with Crippen molar-refractivity contribution in [1.82, 2.24) is 4.72 Å². The highest BCUT2D eigenvalue weighted by molar-refractivity contribution is 7.89. The third kappa shape index (κ3) is 3.40. The molecular formula is C15H23NO3S. The molecule has 3 atom stereocenters. The van der Waals surface area contributed by atoms with Gasteiger partial charge in [0.1, 0.15) is 0 Å². The van der Waals surface area contributed by atoms with Gasteiger partial charge in [-0.05, 0) is 37.3 Å². The number of aryl methyl sites for hydroxylation is 1. The lowest BCUT2D eigenvalue weighted by Gasteiger charge is -2.20. The van der Waals surface area contributed by atoms with Gasteiger partial charge >= 0.3 is 0 Å². The van der Waals surface area contributed by atoms with Crippen LogP contribution in [-0.4, -0.2) is 27.4 Å². The van der Waals surface area contributed by atoms with Crippen molar-refractivity contribution in [3.8, 4) is 0 Å². The minimum atomic E-state index is -3.34. The fourth-order valence-electron chi connectivity index (χ4n) is 2.76. The summed E-state index contributed by atoms with van der Waals surface area (Å²) >= 11 is 0. The number of nitrogens with one attached hydrogen (secondary N) is 1. The van der Waals surface area contributed by atoms with Gasteiger partial charge in [-0.2, -0.15) is 0 Å². The van der Waals surface area contributed by atoms with E-state index in [-0.39, 0.29) is 23.8 Å². The molecule has 20 heavy (non-hydrogen) atoms. The van der Waals surface area contributed by atoms with Crippen LogP contribution in [0, 0.1) is 12.8 Å². The van der Waals surface area contributed by atoms with Crippen molar-refractivity contribution in [2.45, 2.75) is 39.3 Å². The zero-order valence-electron chi connectivity index (χ0n) is 12.5. The van der Waals surface area contributed by atoms with Gasteiger partial charge < -0.3 is 4.74 Å². The average molecular weight is 297 g/mol. The standard InChI is InChI=1S/C15H23NO3S/c1-10-5-6-13-8-11(2)15(14(13)7-10)16-20(17,18)9-12(3)19-4/h5-7,11-12,15-16H,8-9H2,1-4H3/t11-,12+,15+/m0/s1. The molecule has 0 aliphatic heterocycles. The molecule has 1 aliphatic carbocycles. The molecule has 1 aromatic carbocycles. The van der Waals surface area contributed by atoms with Crippen molar-refractivity contribution in [3.63, 3.8) is 0 Å². The highest BCUT2D eigenvalue weighted by Crippen LogP contribution is 2.36. The Morgan fingerprint density at radius 2 is 2.15 bits per heavy atom. The van der Waals surface area contributed by atoms with E-state index in [1.165, 1.54) is 12.7 Å². The molecule has 0 unspecified atom stereocenters. The van der Waals surface area contributed by atoms with E-state index in [0.717, 1.165) is 17.5 Å². The van der Waals surface area contributed by atoms with Gasteiger partial charge in [-0.15, -0.1) is 0 Å². The van der Waals surface area contributed by atoms with Crippen molar-refractivity contribution in [2.24, 2.45) is 5.92 Å². The van der Waals surface area contributed by atoms with E-state index in [1.54, 1.807) is 6.92 Å². The summed E-state index contributed by atoms with van der Waals surface area (Å²) in [7, 11) is -1.81. The van der Waals surface area contributed by atoms with Crippen LogP contribution < -0.4 is 4.72 Å². The topological polar surface area (TPSA) is 55.4 Å². The third-order valence-corrected chi connectivity index (χ3v) is 5.43. The van der Waals surface area contributed by atoms with Crippen LogP contribution >= 0.6 is 0 Å². The van der Waals surface area contributed by atoms with Gasteiger partial charge in [0.25, 0.3) is 0 Å². The number of benzene rings is 1. The Kier molecular flexibility index (Phi) is 4.52. The lowest BCUT2D eigenvalue weighted by atomic mass is 10.0. The van der Waals surface area contributed by atoms with Crippen molar-refractivity contribution >= 4 is 10.0 Å². The molecule has 0 saturated carbocycles. The van der Waals surface area contributed by atoms with E-state index in [1.807, 2.05) is 6.92 Å². The summed E-state index contributed by atoms with van der Waals surface area (Å²) in [6.45, 7) is 5.87. The first-order valence-electron chi connectivity index (χ1n) is 6.94. The molecule has 0 amide bonds. The average Bonchev–Trinajstić information content (AvgIpc) is 2.65. The van der Waals surface area contributed by atoms with Gasteiger partial charge in [0.15, 0.2) is 0 Å². The van der Waals surface area contributed by atoms with Crippen molar-refractivity contribution in [2.75, 3.05) is 12.9 Å². The summed E-state index contributed by atoms with van der Waals surface area (Å²) < 4.78 is 32.3. The Morgan fingerprint density at radius 1 is 1.45 bits per heavy atom. The van der Waals surface area contributed by atoms with E-state index >= 15 is 0 Å². The van der Waals surface area contributed by atoms with Crippen molar-refractivity contribution < 1.29 is 13.2 Å². The highest BCUT2D eigenvalue weighted by atomic mass is 32.2. The molecule has 112 valence electrons. The number of fused-ring (bicyclic) bond motifs is 1. The largest absolute Gasteiger partial charge is 0.381 e. The van der Waals surface area contributed by atoms with Crippen LogP contribution in [-0.2, 0) is 21.2 Å². The van der Waals surface area contributed by atoms with Gasteiger partial charge in [-0.1, -0.05) is 30.7 Å². The van der Waals surface area contributed by atoms with Crippen molar-refractivity contribution in [1.29, 1.82) is 0 Å². The molecule has 0 spiro atoms. The SMILES string of the molecule is CO[C@H](C)CS(=O)(=O)N[C@H]1c2cc(C)ccc2C[C@@H]1C. The minimum Gasteiger partial charge on any atom is -0.381 e. The van der Waals surface area contributed by atoms with E-state index in [0.29, 0.717) is 0 Å². The Balaban J connectivity index is 2.20. The van der Waals surface area contributed by atoms with Crippen LogP contribution in [0.5, 0.6) is 0 Å². The predicted octanol–water partition coefficient (Wildman–Crippen LogP) is 2.18. The van der Waals surface area contributed by atoms with E-state index in [9.17, 15) is 8.42 Å². The van der Waals surface area contributed by atoms with Crippen LogP contribution in [0.4, 0.5) is 0 Å². The number of hydrogen-bond donors (Lipinski definition) is 1. The molecule has 0 radical (unpaired) electrons. The summed E-state index contributed by atoms with van der Waals surface area (Å²) in [5.41, 5.74) is 3.52. The lowest BCUT2D eigenvalue weighted by Crippen LogP contribution is -2.35. The predicted molar refractivity (Wildman–Crippen MR) is 80.2 cm³/mol. The lowest BCUT2D eigenvalue weighted by molar-refractivity contribution is 0.136. The molecule has 0 aromatic heterocycles. The van der Waals surface area contributed by atoms with Crippen molar-refractivity contribution in [3.05, 3.63) is 34.9 Å². The van der Waals surface area contributed by atoms with Crippen LogP contribution in [0.15, 0.2) is 18.2 Å². The van der Waals surface area contributed by atoms with Crippen LogP contribution in [0.25, 0.3) is 0 Å². The normalized spacial score (nSPS) is 23.6. The zero-order valence-corrected chi connectivity index (χ0v) is 13.3. The van der Waals surface area contributed by atoms with E-state index in [2.05, 4.69) is 29.8 Å². The smallest absolute Gasteiger partial charge is 0.214 e. The molecule has 1 aliphatic rings. The van der Waals surface area contributed by atoms with E-state index < -0.39 is 10.0 Å². The number of sulfonamides is 1. The van der Waals surface area contributed by atoms with E-state index in [4.69, 9.17) is 4.74 Å². The van der Waals surface area contributed by atoms with Crippen LogP contribution in [0.1, 0.15) is 36.6 Å². The maximum Gasteiger partial charge on any atom is 0.214 e. The number of hydrogen-bond acceptors (Lipinski definition) is 3. The Bertz CT molecular complexity index is 583. The number of ether oxygens (including phenoxy) is 1. The first kappa shape index (κ1) is 15.5. The maximum absolute atomic E-state index is 12.2. The number of methoxy groups -OCH3 is 1. The minimum absolute atomic E-state index is 0.00608. The first-order chi connectivity index (χ1) is 9.32. The summed E-state index contributed by atoms with van der Waals surface area (Å²) in [5, 5.41) is 0. The molecule has 0 bridgehead atoms. The monoisotopic (exact) mass is 297 g/mol. The third-order valence-electron chi connectivity index (χ3n) is 3.91. The molecule has 5 heteroatoms. The second-order valence-electron chi connectivity index (χ2n) is 5.81. The Hall–Kier alpha value is -0.910. The molecule has 1 aromatic rings. The van der Waals surface area contributed by atoms with Gasteiger partial charge in [0.2, 0.25) is 10.0 Å². The maximum atomic E-state index is 12.2. The fourth-order valence-corrected chi connectivity index (χ4v) is 4.36. The molecule has 0 fully saturated rings.